The zero-order chi connectivity index (χ0) is 26.5. The minimum absolute atomic E-state index is 0.240. The molecule has 0 spiro atoms. The smallest absolute Gasteiger partial charge is 0.210 e. The summed E-state index contributed by atoms with van der Waals surface area (Å²) >= 11 is 5.08. The van der Waals surface area contributed by atoms with E-state index in [1.54, 1.807) is 0 Å². The summed E-state index contributed by atoms with van der Waals surface area (Å²) < 4.78 is 17.1. The maximum Gasteiger partial charge on any atom is 0.210 e. The Morgan fingerprint density at radius 3 is 2.49 bits per heavy atom. The number of piperazine rings is 1. The van der Waals surface area contributed by atoms with Crippen molar-refractivity contribution in [3.05, 3.63) is 71.0 Å². The van der Waals surface area contributed by atoms with Crippen LogP contribution >= 0.6 is 27.3 Å². The molecule has 0 radical (unpaired) electrons. The number of aromatic nitrogens is 4. The van der Waals surface area contributed by atoms with Crippen molar-refractivity contribution in [1.29, 1.82) is 0 Å². The molecule has 10 heteroatoms. The lowest BCUT2D eigenvalue weighted by Gasteiger charge is -2.35. The van der Waals surface area contributed by atoms with Gasteiger partial charge in [0, 0.05) is 47.8 Å². The molecule has 2 aliphatic rings. The van der Waals surface area contributed by atoms with E-state index in [0.717, 1.165) is 93.0 Å². The fourth-order valence-corrected chi connectivity index (χ4v) is 6.32. The van der Waals surface area contributed by atoms with E-state index >= 15 is 0 Å². The molecule has 3 aromatic carbocycles. The Labute approximate surface area is 238 Å². The number of halogens is 2. The third-order valence-electron chi connectivity index (χ3n) is 7.40. The van der Waals surface area contributed by atoms with Gasteiger partial charge in [-0.15, -0.1) is 10.2 Å². The average Bonchev–Trinajstić information content (AvgIpc) is 3.55. The molecule has 2 aromatic heterocycles. The number of hydrogen-bond acceptors (Lipinski definition) is 7. The Balaban J connectivity index is 1.32. The van der Waals surface area contributed by atoms with Crippen molar-refractivity contribution < 1.29 is 4.39 Å². The predicted molar refractivity (Wildman–Crippen MR) is 159 cm³/mol. The second kappa shape index (κ2) is 10.0. The van der Waals surface area contributed by atoms with E-state index in [0.29, 0.717) is 6.04 Å². The van der Waals surface area contributed by atoms with E-state index in [9.17, 15) is 4.39 Å². The summed E-state index contributed by atoms with van der Waals surface area (Å²) in [5.74, 6) is 0.651. The van der Waals surface area contributed by atoms with Gasteiger partial charge in [-0.25, -0.2) is 9.37 Å². The van der Waals surface area contributed by atoms with Gasteiger partial charge in [0.25, 0.3) is 0 Å². The van der Waals surface area contributed by atoms with Crippen LogP contribution in [-0.2, 0) is 0 Å². The van der Waals surface area contributed by atoms with Crippen LogP contribution < -0.4 is 10.2 Å². The van der Waals surface area contributed by atoms with E-state index in [4.69, 9.17) is 4.98 Å². The highest BCUT2D eigenvalue weighted by Crippen LogP contribution is 2.44. The van der Waals surface area contributed by atoms with E-state index in [-0.39, 0.29) is 5.82 Å². The number of imidazole rings is 1. The minimum atomic E-state index is -0.240. The third-order valence-corrected chi connectivity index (χ3v) is 8.78. The topological polar surface area (TPSA) is 62.1 Å². The normalized spacial score (nSPS) is 16.2. The Bertz CT molecular complexity index is 1650. The molecule has 0 unspecified atom stereocenters. The number of hydrogen-bond donors (Lipinski definition) is 1. The molecule has 0 atom stereocenters. The van der Waals surface area contributed by atoms with Crippen LogP contribution in [0.4, 0.5) is 20.9 Å². The molecule has 3 heterocycles. The van der Waals surface area contributed by atoms with Crippen LogP contribution in [0.5, 0.6) is 0 Å². The van der Waals surface area contributed by atoms with E-state index in [1.165, 1.54) is 23.5 Å². The Morgan fingerprint density at radius 2 is 1.74 bits per heavy atom. The summed E-state index contributed by atoms with van der Waals surface area (Å²) in [6.07, 6.45) is 2.26. The largest absolute Gasteiger partial charge is 0.367 e. The first-order valence-corrected chi connectivity index (χ1v) is 14.7. The third kappa shape index (κ3) is 4.92. The second-order valence-corrected chi connectivity index (χ2v) is 12.1. The molecule has 1 aliphatic heterocycles. The first-order valence-electron chi connectivity index (χ1n) is 13.1. The molecule has 1 saturated heterocycles. The molecule has 1 saturated carbocycles. The van der Waals surface area contributed by atoms with Gasteiger partial charge in [-0.05, 0) is 68.4 Å². The molecular weight excluding hydrogens is 577 g/mol. The van der Waals surface area contributed by atoms with E-state index in [2.05, 4.69) is 65.0 Å². The molecule has 2 fully saturated rings. The first-order chi connectivity index (χ1) is 19.0. The highest BCUT2D eigenvalue weighted by atomic mass is 79.9. The molecule has 0 amide bonds. The predicted octanol–water partition coefficient (Wildman–Crippen LogP) is 6.95. The molecule has 7 rings (SSSR count). The van der Waals surface area contributed by atoms with Gasteiger partial charge in [0.1, 0.15) is 16.6 Å². The fraction of sp³-hybridized carbons (Fsp3) is 0.276. The number of rotatable bonds is 6. The second-order valence-electron chi connectivity index (χ2n) is 10.2. The van der Waals surface area contributed by atoms with Crippen LogP contribution in [0.1, 0.15) is 18.9 Å². The van der Waals surface area contributed by atoms with Crippen molar-refractivity contribution in [3.8, 4) is 22.0 Å². The summed E-state index contributed by atoms with van der Waals surface area (Å²) in [6.45, 7) is 3.90. The van der Waals surface area contributed by atoms with Crippen LogP contribution in [0.25, 0.3) is 33.0 Å². The number of anilines is 3. The van der Waals surface area contributed by atoms with Crippen LogP contribution in [-0.4, -0.2) is 57.9 Å². The highest BCUT2D eigenvalue weighted by molar-refractivity contribution is 9.10. The average molecular weight is 605 g/mol. The summed E-state index contributed by atoms with van der Waals surface area (Å²) in [5, 5.41) is 14.1. The summed E-state index contributed by atoms with van der Waals surface area (Å²) in [7, 11) is 2.17. The summed E-state index contributed by atoms with van der Waals surface area (Å²) in [5.41, 5.74) is 6.09. The van der Waals surface area contributed by atoms with Gasteiger partial charge in [0.15, 0.2) is 0 Å². The molecule has 1 aliphatic carbocycles. The number of benzene rings is 3. The maximum absolute atomic E-state index is 13.7. The van der Waals surface area contributed by atoms with Gasteiger partial charge in [-0.2, -0.15) is 0 Å². The van der Waals surface area contributed by atoms with Gasteiger partial charge in [-0.1, -0.05) is 39.4 Å². The quantitative estimate of drug-likeness (QED) is 0.226. The molecular formula is C29H27BrFN7S. The molecule has 39 heavy (non-hydrogen) atoms. The van der Waals surface area contributed by atoms with Crippen LogP contribution in [0.15, 0.2) is 65.1 Å². The molecule has 0 bridgehead atoms. The number of nitrogens with zero attached hydrogens (tertiary/aromatic N) is 6. The minimum Gasteiger partial charge on any atom is -0.367 e. The molecule has 198 valence electrons. The van der Waals surface area contributed by atoms with Crippen molar-refractivity contribution in [2.24, 2.45) is 0 Å². The highest BCUT2D eigenvalue weighted by Gasteiger charge is 2.30. The number of nitrogens with one attached hydrogen (secondary N) is 1. The maximum atomic E-state index is 13.7. The first kappa shape index (κ1) is 24.7. The molecule has 1 N–H and O–H groups in total. The lowest BCUT2D eigenvalue weighted by molar-refractivity contribution is 0.313. The summed E-state index contributed by atoms with van der Waals surface area (Å²) in [6, 6.07) is 19.6. The SMILES string of the molecule is CN1CCN(c2cc3c(cc2Nc2nnc(-c4cccc(Br)c4)s2)nc(-c2ccc(F)cc2)n3C2CC2)CC1. The van der Waals surface area contributed by atoms with Crippen LogP contribution in [0, 0.1) is 5.82 Å². The van der Waals surface area contributed by atoms with Gasteiger partial charge < -0.3 is 19.7 Å². The van der Waals surface area contributed by atoms with Crippen molar-refractivity contribution in [2.45, 2.75) is 18.9 Å². The van der Waals surface area contributed by atoms with Gasteiger partial charge in [-0.3, -0.25) is 0 Å². The summed E-state index contributed by atoms with van der Waals surface area (Å²) in [4.78, 5) is 9.88. The number of fused-ring (bicyclic) bond motifs is 1. The van der Waals surface area contributed by atoms with Crippen molar-refractivity contribution in [2.75, 3.05) is 43.4 Å². The van der Waals surface area contributed by atoms with Crippen LogP contribution in [0.3, 0.4) is 0 Å². The van der Waals surface area contributed by atoms with Crippen molar-refractivity contribution >= 4 is 54.8 Å². The molecule has 5 aromatic rings. The Kier molecular flexibility index (Phi) is 6.33. The zero-order valence-corrected chi connectivity index (χ0v) is 23.8. The fourth-order valence-electron chi connectivity index (χ4n) is 5.17. The van der Waals surface area contributed by atoms with Gasteiger partial charge in [0.2, 0.25) is 5.13 Å². The van der Waals surface area contributed by atoms with Crippen molar-refractivity contribution in [3.63, 3.8) is 0 Å². The standard InChI is InChI=1S/C29H27BrFN7S/c1-36-11-13-37(14-12-36)25-17-26-24(32-27(38(26)22-9-10-22)18-5-7-21(31)8-6-18)16-23(25)33-29-35-34-28(39-29)19-3-2-4-20(30)15-19/h2-8,15-17,22H,9-14H2,1H3,(H,33,35). The zero-order valence-electron chi connectivity index (χ0n) is 21.4. The molecule has 7 nitrogen and oxygen atoms in total. The lowest BCUT2D eigenvalue weighted by atomic mass is 10.2. The number of likely N-dealkylation sites (N-methyl/N-ethyl adjacent to an activating group) is 1. The van der Waals surface area contributed by atoms with Gasteiger partial charge in [0.05, 0.1) is 22.4 Å². The monoisotopic (exact) mass is 603 g/mol. The van der Waals surface area contributed by atoms with Gasteiger partial charge >= 0.3 is 0 Å². The van der Waals surface area contributed by atoms with Crippen LogP contribution in [0.2, 0.25) is 0 Å². The van der Waals surface area contributed by atoms with E-state index in [1.807, 2.05) is 36.4 Å². The Morgan fingerprint density at radius 1 is 0.949 bits per heavy atom. The van der Waals surface area contributed by atoms with Crippen molar-refractivity contribution in [1.82, 2.24) is 24.6 Å². The lowest BCUT2D eigenvalue weighted by Crippen LogP contribution is -2.44. The Hall–Kier alpha value is -3.34. The van der Waals surface area contributed by atoms with E-state index < -0.39 is 0 Å².